The van der Waals surface area contributed by atoms with E-state index in [1.54, 1.807) is 5.57 Å². The predicted octanol–water partition coefficient (Wildman–Crippen LogP) is 11.8. The largest absolute Gasteiger partial charge is 0.461 e. The van der Waals surface area contributed by atoms with Crippen LogP contribution >= 0.6 is 0 Å². The van der Waals surface area contributed by atoms with E-state index in [1.807, 2.05) is 41.5 Å². The molecule has 0 aliphatic heterocycles. The Labute approximate surface area is 354 Å². The topological polar surface area (TPSA) is 106 Å². The first kappa shape index (κ1) is 48.4. The van der Waals surface area contributed by atoms with Gasteiger partial charge in [0.05, 0.1) is 6.54 Å². The highest BCUT2D eigenvalue weighted by Gasteiger charge is 2.58. The minimum atomic E-state index is -0.537. The van der Waals surface area contributed by atoms with Crippen LogP contribution in [0.25, 0.3) is 0 Å². The second kappa shape index (κ2) is 22.0. The molecule has 58 heavy (non-hydrogen) atoms. The summed E-state index contributed by atoms with van der Waals surface area (Å²) in [7, 11) is 0. The Bertz CT molecular complexity index is 1330. The van der Waals surface area contributed by atoms with Gasteiger partial charge in [0, 0.05) is 26.1 Å². The number of carbonyl (C=O) groups is 3. The number of esters is 1. The smallest absolute Gasteiger partial charge is 0.407 e. The van der Waals surface area contributed by atoms with Crippen LogP contribution in [0.5, 0.6) is 0 Å². The lowest BCUT2D eigenvalue weighted by Crippen LogP contribution is -2.50. The Balaban J connectivity index is 1.23. The van der Waals surface area contributed by atoms with Gasteiger partial charge >= 0.3 is 18.2 Å². The highest BCUT2D eigenvalue weighted by atomic mass is 16.6. The van der Waals surface area contributed by atoms with Gasteiger partial charge in [-0.1, -0.05) is 84.3 Å². The number of nitrogens with zero attached hydrogens (tertiary/aromatic N) is 1. The summed E-state index contributed by atoms with van der Waals surface area (Å²) >= 11 is 0. The van der Waals surface area contributed by atoms with Crippen LogP contribution in [0.15, 0.2) is 11.6 Å². The molecule has 0 spiro atoms. The molecule has 2 N–H and O–H groups in total. The maximum atomic E-state index is 13.6. The van der Waals surface area contributed by atoms with E-state index in [0.29, 0.717) is 25.0 Å². The quantitative estimate of drug-likeness (QED) is 0.0514. The van der Waals surface area contributed by atoms with Crippen molar-refractivity contribution in [1.82, 2.24) is 15.5 Å². The van der Waals surface area contributed by atoms with Crippen molar-refractivity contribution in [3.05, 3.63) is 11.6 Å². The summed E-state index contributed by atoms with van der Waals surface area (Å²) in [6, 6.07) is 0. The molecule has 0 bridgehead atoms. The normalized spacial score (nSPS) is 28.3. The number of nitrogens with one attached hydrogen (secondary N) is 2. The summed E-state index contributed by atoms with van der Waals surface area (Å²) in [5.41, 5.74) is 1.31. The van der Waals surface area contributed by atoms with Crippen LogP contribution in [0.1, 0.15) is 191 Å². The van der Waals surface area contributed by atoms with Crippen molar-refractivity contribution in [2.45, 2.75) is 209 Å². The van der Waals surface area contributed by atoms with Crippen LogP contribution in [0.3, 0.4) is 0 Å². The van der Waals surface area contributed by atoms with Gasteiger partial charge in [-0.15, -0.1) is 0 Å². The van der Waals surface area contributed by atoms with Crippen LogP contribution in [0, 0.1) is 40.4 Å². The second-order valence-electron chi connectivity index (χ2n) is 21.7. The van der Waals surface area contributed by atoms with E-state index in [1.165, 1.54) is 57.8 Å². The van der Waals surface area contributed by atoms with Crippen molar-refractivity contribution in [2.24, 2.45) is 40.4 Å². The minimum Gasteiger partial charge on any atom is -0.461 e. The van der Waals surface area contributed by atoms with Crippen LogP contribution in [-0.4, -0.2) is 73.1 Å². The number of hydrogen-bond acceptors (Lipinski definition) is 7. The molecule has 9 nitrogen and oxygen atoms in total. The van der Waals surface area contributed by atoms with Crippen LogP contribution in [0.4, 0.5) is 9.59 Å². The van der Waals surface area contributed by atoms with Gasteiger partial charge in [-0.3, -0.25) is 9.69 Å². The first-order chi connectivity index (χ1) is 27.3. The Morgan fingerprint density at radius 3 is 2.03 bits per heavy atom. The molecule has 0 aromatic carbocycles. The Hall–Kier alpha value is -2.29. The number of ether oxygens (including phenoxy) is 3. The van der Waals surface area contributed by atoms with Crippen molar-refractivity contribution in [3.8, 4) is 0 Å². The summed E-state index contributed by atoms with van der Waals surface area (Å²) in [5, 5.41) is 5.71. The van der Waals surface area contributed by atoms with E-state index in [9.17, 15) is 14.4 Å². The monoisotopic (exact) mass is 814 g/mol. The molecule has 9 heteroatoms. The van der Waals surface area contributed by atoms with Gasteiger partial charge in [-0.25, -0.2) is 9.59 Å². The van der Waals surface area contributed by atoms with Gasteiger partial charge in [0.25, 0.3) is 0 Å². The van der Waals surface area contributed by atoms with Crippen molar-refractivity contribution in [1.29, 1.82) is 0 Å². The SMILES string of the molecule is CC(C)CCCC[C@H]1CC[C@H]2[C@@H]3CC=C4C[C@@H](OC(=O)CN(CCCCCCCCNC(=O)OC(C)(C)C)CCCNC(=O)OC(C)(C)C)CC[C@]4(C)[C@H]3CC[C@]12C. The molecular weight excluding hydrogens is 727 g/mol. The third-order valence-electron chi connectivity index (χ3n) is 14.4. The zero-order valence-electron chi connectivity index (χ0n) is 38.9. The number of fused-ring (bicyclic) bond motifs is 5. The Morgan fingerprint density at radius 1 is 0.759 bits per heavy atom. The number of carbonyl (C=O) groups excluding carboxylic acids is 3. The van der Waals surface area contributed by atoms with Crippen LogP contribution in [0.2, 0.25) is 0 Å². The van der Waals surface area contributed by atoms with Crippen molar-refractivity contribution in [2.75, 3.05) is 32.7 Å². The van der Waals surface area contributed by atoms with E-state index < -0.39 is 17.3 Å². The zero-order valence-corrected chi connectivity index (χ0v) is 38.9. The van der Waals surface area contributed by atoms with Crippen LogP contribution in [-0.2, 0) is 19.0 Å². The number of rotatable bonds is 21. The standard InChI is InChI=1S/C49H87N3O6/c1-36(2)20-15-16-21-37-23-25-41-40-24-22-38-34-39(26-28-49(38,10)42(40)27-29-48(37,41)9)56-43(53)35-52(33-19-31-51-45(55)58-47(6,7)8)32-18-14-12-11-13-17-30-50-44(54)57-46(3,4)5/h22,36-37,39-42H,11-21,23-35H2,1-10H3,(H,50,54)(H,51,55)/t37-,39-,40-,41-,42-,48+,49-/m0/s1. The van der Waals surface area contributed by atoms with Crippen molar-refractivity contribution >= 4 is 18.2 Å². The molecule has 4 aliphatic rings. The molecule has 3 saturated carbocycles. The highest BCUT2D eigenvalue weighted by molar-refractivity contribution is 5.72. The number of alkyl carbamates (subject to hydrolysis) is 2. The van der Waals surface area contributed by atoms with Gasteiger partial charge in [-0.2, -0.15) is 0 Å². The van der Waals surface area contributed by atoms with E-state index in [0.717, 1.165) is 100 Å². The first-order valence-corrected chi connectivity index (χ1v) is 23.8. The highest BCUT2D eigenvalue weighted by Crippen LogP contribution is 2.66. The fraction of sp³-hybridized carbons (Fsp3) is 0.898. The summed E-state index contributed by atoms with van der Waals surface area (Å²) in [6.07, 6.45) is 24.2. The average Bonchev–Trinajstić information content (AvgIpc) is 3.45. The fourth-order valence-electron chi connectivity index (χ4n) is 11.4. The fourth-order valence-corrected chi connectivity index (χ4v) is 11.4. The second-order valence-corrected chi connectivity index (χ2v) is 21.7. The molecule has 4 aliphatic carbocycles. The minimum absolute atomic E-state index is 0.0422. The molecule has 0 heterocycles. The van der Waals surface area contributed by atoms with E-state index in [-0.39, 0.29) is 30.1 Å². The molecule has 0 aromatic rings. The molecular formula is C49H87N3O6. The van der Waals surface area contributed by atoms with Crippen molar-refractivity contribution < 1.29 is 28.6 Å². The molecule has 334 valence electrons. The summed E-state index contributed by atoms with van der Waals surface area (Å²) in [5.74, 6) is 4.04. The average molecular weight is 814 g/mol. The molecule has 3 fully saturated rings. The lowest BCUT2D eigenvalue weighted by molar-refractivity contribution is -0.152. The summed E-state index contributed by atoms with van der Waals surface area (Å²) < 4.78 is 17.0. The lowest BCUT2D eigenvalue weighted by Gasteiger charge is -2.58. The predicted molar refractivity (Wildman–Crippen MR) is 236 cm³/mol. The van der Waals surface area contributed by atoms with E-state index in [4.69, 9.17) is 14.2 Å². The Kier molecular flexibility index (Phi) is 18.3. The van der Waals surface area contributed by atoms with E-state index >= 15 is 0 Å². The third kappa shape index (κ3) is 15.0. The molecule has 0 unspecified atom stereocenters. The molecule has 7 atom stereocenters. The molecule has 0 radical (unpaired) electrons. The van der Waals surface area contributed by atoms with Gasteiger partial charge in [0.1, 0.15) is 17.3 Å². The number of hydrogen-bond donors (Lipinski definition) is 2. The molecule has 0 saturated heterocycles. The molecule has 4 rings (SSSR count). The molecule has 0 aromatic heterocycles. The van der Waals surface area contributed by atoms with Crippen LogP contribution < -0.4 is 10.6 Å². The number of unbranched alkanes of at least 4 members (excludes halogenated alkanes) is 6. The molecule has 2 amide bonds. The third-order valence-corrected chi connectivity index (χ3v) is 14.4. The van der Waals surface area contributed by atoms with E-state index in [2.05, 4.69) is 49.3 Å². The first-order valence-electron chi connectivity index (χ1n) is 23.8. The summed E-state index contributed by atoms with van der Waals surface area (Å²) in [4.78, 5) is 39.8. The van der Waals surface area contributed by atoms with Gasteiger partial charge < -0.3 is 24.8 Å². The zero-order chi connectivity index (χ0) is 42.6. The van der Waals surface area contributed by atoms with Gasteiger partial charge in [0.15, 0.2) is 0 Å². The van der Waals surface area contributed by atoms with Crippen molar-refractivity contribution in [3.63, 3.8) is 0 Å². The van der Waals surface area contributed by atoms with Gasteiger partial charge in [-0.05, 0) is 159 Å². The Morgan fingerprint density at radius 2 is 1.38 bits per heavy atom. The lowest BCUT2D eigenvalue weighted by atomic mass is 9.47. The summed E-state index contributed by atoms with van der Waals surface area (Å²) in [6.45, 7) is 24.1. The number of amides is 2. The van der Waals surface area contributed by atoms with Gasteiger partial charge in [0.2, 0.25) is 0 Å². The maximum Gasteiger partial charge on any atom is 0.407 e. The number of allylic oxidation sites excluding steroid dienone is 1. The maximum absolute atomic E-state index is 13.6.